The number of aromatic carboxylic acids is 2. The van der Waals surface area contributed by atoms with Crippen LogP contribution in [-0.4, -0.2) is 28.1 Å². The SMILES string of the molecule is Cc1cc(C(=O)O)c(COC(=O)c2c(Cl)cccc2Cl)c(C(=O)O)c1CCC(C)C. The van der Waals surface area contributed by atoms with E-state index in [9.17, 15) is 24.6 Å². The summed E-state index contributed by atoms with van der Waals surface area (Å²) in [6, 6.07) is 5.90. The predicted molar refractivity (Wildman–Crippen MR) is 114 cm³/mol. The Morgan fingerprint density at radius 2 is 1.60 bits per heavy atom. The second-order valence-electron chi connectivity index (χ2n) is 7.29. The summed E-state index contributed by atoms with van der Waals surface area (Å²) in [5, 5.41) is 19.6. The van der Waals surface area contributed by atoms with Gasteiger partial charge in [0, 0.05) is 5.56 Å². The molecule has 2 aromatic carbocycles. The number of carbonyl (C=O) groups is 3. The third-order valence-corrected chi connectivity index (χ3v) is 5.33. The summed E-state index contributed by atoms with van der Waals surface area (Å²) in [4.78, 5) is 36.3. The summed E-state index contributed by atoms with van der Waals surface area (Å²) in [5.74, 6) is -3.13. The van der Waals surface area contributed by atoms with Crippen LogP contribution in [0.25, 0.3) is 0 Å². The summed E-state index contributed by atoms with van der Waals surface area (Å²) in [6.07, 6.45) is 1.18. The van der Waals surface area contributed by atoms with Crippen molar-refractivity contribution in [2.75, 3.05) is 0 Å². The summed E-state index contributed by atoms with van der Waals surface area (Å²) in [7, 11) is 0. The van der Waals surface area contributed by atoms with Crippen molar-refractivity contribution in [1.82, 2.24) is 0 Å². The monoisotopic (exact) mass is 452 g/mol. The van der Waals surface area contributed by atoms with Gasteiger partial charge < -0.3 is 14.9 Å². The molecule has 0 aliphatic rings. The number of rotatable bonds is 8. The maximum absolute atomic E-state index is 12.5. The van der Waals surface area contributed by atoms with Gasteiger partial charge in [0.2, 0.25) is 0 Å². The molecule has 2 aromatic rings. The molecule has 8 heteroatoms. The van der Waals surface area contributed by atoms with E-state index in [1.165, 1.54) is 18.2 Å². The average molecular weight is 453 g/mol. The van der Waals surface area contributed by atoms with E-state index >= 15 is 0 Å². The van der Waals surface area contributed by atoms with E-state index in [2.05, 4.69) is 0 Å². The first kappa shape index (κ1) is 23.7. The molecule has 0 spiro atoms. The van der Waals surface area contributed by atoms with Gasteiger partial charge in [-0.05, 0) is 55.0 Å². The van der Waals surface area contributed by atoms with E-state index in [-0.39, 0.29) is 32.3 Å². The van der Waals surface area contributed by atoms with E-state index < -0.39 is 24.5 Å². The number of aryl methyl sites for hydroxylation is 1. The highest BCUT2D eigenvalue weighted by Gasteiger charge is 2.26. The highest BCUT2D eigenvalue weighted by atomic mass is 35.5. The van der Waals surface area contributed by atoms with Crippen LogP contribution in [0.3, 0.4) is 0 Å². The van der Waals surface area contributed by atoms with Gasteiger partial charge >= 0.3 is 17.9 Å². The van der Waals surface area contributed by atoms with Crippen molar-refractivity contribution in [3.63, 3.8) is 0 Å². The second-order valence-corrected chi connectivity index (χ2v) is 8.10. The first-order valence-electron chi connectivity index (χ1n) is 9.27. The van der Waals surface area contributed by atoms with Crippen molar-refractivity contribution in [2.45, 2.75) is 40.2 Å². The van der Waals surface area contributed by atoms with Crippen LogP contribution in [0.15, 0.2) is 24.3 Å². The molecule has 30 heavy (non-hydrogen) atoms. The van der Waals surface area contributed by atoms with Crippen molar-refractivity contribution in [3.05, 3.63) is 67.7 Å². The number of ether oxygens (including phenoxy) is 1. The van der Waals surface area contributed by atoms with Crippen molar-refractivity contribution in [2.24, 2.45) is 5.92 Å². The number of esters is 1. The van der Waals surface area contributed by atoms with Crippen LogP contribution >= 0.6 is 23.2 Å². The van der Waals surface area contributed by atoms with Gasteiger partial charge in [0.25, 0.3) is 0 Å². The van der Waals surface area contributed by atoms with E-state index in [1.54, 1.807) is 13.0 Å². The standard InChI is InChI=1S/C22H22Cl2O6/c1-11(2)7-8-13-12(3)9-14(20(25)26)15(18(13)21(27)28)10-30-22(29)19-16(23)5-4-6-17(19)24/h4-6,9,11H,7-8,10H2,1-3H3,(H,25,26)(H,27,28). The van der Waals surface area contributed by atoms with E-state index in [1.807, 2.05) is 13.8 Å². The third kappa shape index (κ3) is 5.32. The fourth-order valence-corrected chi connectivity index (χ4v) is 3.71. The number of carbonyl (C=O) groups excluding carboxylic acids is 1. The molecule has 2 rings (SSSR count). The molecular weight excluding hydrogens is 431 g/mol. The Labute approximate surface area is 184 Å². The lowest BCUT2D eigenvalue weighted by Crippen LogP contribution is -2.18. The molecule has 0 unspecified atom stereocenters. The van der Waals surface area contributed by atoms with Gasteiger partial charge in [0.05, 0.1) is 26.7 Å². The molecule has 0 radical (unpaired) electrons. The fourth-order valence-electron chi connectivity index (χ4n) is 3.16. The lowest BCUT2D eigenvalue weighted by atomic mass is 9.88. The number of carboxylic acids is 2. The van der Waals surface area contributed by atoms with Gasteiger partial charge in [0.1, 0.15) is 6.61 Å². The van der Waals surface area contributed by atoms with Gasteiger partial charge in [-0.1, -0.05) is 43.1 Å². The molecule has 2 N–H and O–H groups in total. The van der Waals surface area contributed by atoms with Crippen LogP contribution < -0.4 is 0 Å². The maximum Gasteiger partial charge on any atom is 0.341 e. The highest BCUT2D eigenvalue weighted by Crippen LogP contribution is 2.29. The minimum Gasteiger partial charge on any atom is -0.478 e. The first-order valence-corrected chi connectivity index (χ1v) is 10.0. The fraction of sp³-hybridized carbons (Fsp3) is 0.318. The Morgan fingerprint density at radius 1 is 1.00 bits per heavy atom. The minimum absolute atomic E-state index is 0.0678. The number of halogens is 2. The zero-order valence-corrected chi connectivity index (χ0v) is 18.3. The van der Waals surface area contributed by atoms with Gasteiger partial charge in [0.15, 0.2) is 0 Å². The zero-order valence-electron chi connectivity index (χ0n) is 16.8. The van der Waals surface area contributed by atoms with Crippen molar-refractivity contribution in [1.29, 1.82) is 0 Å². The molecule has 0 saturated heterocycles. The Hall–Kier alpha value is -2.57. The molecule has 0 bridgehead atoms. The molecule has 0 fully saturated rings. The molecule has 0 atom stereocenters. The molecule has 160 valence electrons. The molecule has 6 nitrogen and oxygen atoms in total. The minimum atomic E-state index is -1.31. The summed E-state index contributed by atoms with van der Waals surface area (Å²) in [6.45, 7) is 5.15. The molecular formula is C22H22Cl2O6. The summed E-state index contributed by atoms with van der Waals surface area (Å²) < 4.78 is 5.24. The van der Waals surface area contributed by atoms with E-state index in [4.69, 9.17) is 27.9 Å². The quantitative estimate of drug-likeness (QED) is 0.502. The van der Waals surface area contributed by atoms with Crippen molar-refractivity contribution < 1.29 is 29.3 Å². The molecule has 0 aliphatic carbocycles. The highest BCUT2D eigenvalue weighted by molar-refractivity contribution is 6.39. The van der Waals surface area contributed by atoms with Crippen LogP contribution in [0.2, 0.25) is 10.0 Å². The van der Waals surface area contributed by atoms with E-state index in [0.29, 0.717) is 23.5 Å². The zero-order chi connectivity index (χ0) is 22.6. The Balaban J connectivity index is 2.51. The Morgan fingerprint density at radius 3 is 2.10 bits per heavy atom. The van der Waals surface area contributed by atoms with E-state index in [0.717, 1.165) is 6.42 Å². The largest absolute Gasteiger partial charge is 0.478 e. The van der Waals surface area contributed by atoms with Crippen LogP contribution in [0.5, 0.6) is 0 Å². The van der Waals surface area contributed by atoms with Crippen molar-refractivity contribution >= 4 is 41.1 Å². The summed E-state index contributed by atoms with van der Waals surface area (Å²) >= 11 is 12.0. The molecule has 0 aliphatic heterocycles. The Bertz CT molecular complexity index is 977. The lowest BCUT2D eigenvalue weighted by molar-refractivity contribution is 0.0459. The second kappa shape index (κ2) is 9.96. The average Bonchev–Trinajstić information content (AvgIpc) is 2.64. The predicted octanol–water partition coefficient (Wildman–Crippen LogP) is 5.64. The van der Waals surface area contributed by atoms with Gasteiger partial charge in [-0.2, -0.15) is 0 Å². The van der Waals surface area contributed by atoms with Crippen LogP contribution in [-0.2, 0) is 17.8 Å². The Kier molecular flexibility index (Phi) is 7.87. The number of hydrogen-bond acceptors (Lipinski definition) is 4. The molecule has 0 saturated carbocycles. The third-order valence-electron chi connectivity index (χ3n) is 4.70. The van der Waals surface area contributed by atoms with Gasteiger partial charge in [-0.25, -0.2) is 14.4 Å². The first-order chi connectivity index (χ1) is 14.0. The lowest BCUT2D eigenvalue weighted by Gasteiger charge is -2.18. The van der Waals surface area contributed by atoms with Gasteiger partial charge in [-0.15, -0.1) is 0 Å². The van der Waals surface area contributed by atoms with Crippen LogP contribution in [0.1, 0.15) is 68.0 Å². The molecule has 0 amide bonds. The normalized spacial score (nSPS) is 10.9. The number of hydrogen-bond donors (Lipinski definition) is 2. The van der Waals surface area contributed by atoms with Gasteiger partial charge in [-0.3, -0.25) is 0 Å². The molecule has 0 heterocycles. The van der Waals surface area contributed by atoms with Crippen LogP contribution in [0.4, 0.5) is 0 Å². The topological polar surface area (TPSA) is 101 Å². The molecule has 0 aromatic heterocycles. The number of benzene rings is 2. The number of carboxylic acid groups (broad SMARTS) is 2. The van der Waals surface area contributed by atoms with Crippen LogP contribution in [0, 0.1) is 12.8 Å². The smallest absolute Gasteiger partial charge is 0.341 e. The van der Waals surface area contributed by atoms with Crippen molar-refractivity contribution in [3.8, 4) is 0 Å². The maximum atomic E-state index is 12.5. The summed E-state index contributed by atoms with van der Waals surface area (Å²) in [5.41, 5.74) is 0.581.